The highest BCUT2D eigenvalue weighted by Crippen LogP contribution is 2.39. The van der Waals surface area contributed by atoms with Crippen molar-refractivity contribution in [2.75, 3.05) is 19.8 Å². The fourth-order valence-corrected chi connectivity index (χ4v) is 3.61. The predicted octanol–water partition coefficient (Wildman–Crippen LogP) is 1.10. The van der Waals surface area contributed by atoms with Crippen molar-refractivity contribution < 1.29 is 19.7 Å². The smallest absolute Gasteiger partial charge is 0.320 e. The maximum atomic E-state index is 11.4. The van der Waals surface area contributed by atoms with Gasteiger partial charge in [-0.05, 0) is 32.1 Å². The molecule has 2 rings (SSSR count). The van der Waals surface area contributed by atoms with Gasteiger partial charge in [-0.15, -0.1) is 0 Å². The molecule has 0 radical (unpaired) electrons. The van der Waals surface area contributed by atoms with Gasteiger partial charge in [0.25, 0.3) is 0 Å². The average Bonchev–Trinajstić information content (AvgIpc) is 2.76. The first-order valence-electron chi connectivity index (χ1n) is 7.37. The lowest BCUT2D eigenvalue weighted by Gasteiger charge is -2.34. The normalized spacial score (nSPS) is 33.1. The number of hydrogen-bond donors (Lipinski definition) is 2. The first-order valence-corrected chi connectivity index (χ1v) is 7.37. The van der Waals surface area contributed by atoms with E-state index in [2.05, 4.69) is 0 Å². The summed E-state index contributed by atoms with van der Waals surface area (Å²) in [7, 11) is 0. The number of fused-ring (bicyclic) bond motifs is 1. The highest BCUT2D eigenvalue weighted by Gasteiger charge is 2.45. The van der Waals surface area contributed by atoms with E-state index < -0.39 is 18.1 Å². The minimum Gasteiger partial charge on any atom is -0.480 e. The van der Waals surface area contributed by atoms with Gasteiger partial charge in [-0.25, -0.2) is 0 Å². The fourth-order valence-electron chi connectivity index (χ4n) is 3.61. The number of rotatable bonds is 6. The Hall–Kier alpha value is -0.650. The molecule has 5 heteroatoms. The Morgan fingerprint density at radius 2 is 2.16 bits per heavy atom. The summed E-state index contributed by atoms with van der Waals surface area (Å²) in [5, 5.41) is 19.3. The topological polar surface area (TPSA) is 70.0 Å². The Labute approximate surface area is 114 Å². The van der Waals surface area contributed by atoms with Gasteiger partial charge in [-0.3, -0.25) is 9.69 Å². The third-order valence-electron chi connectivity index (χ3n) is 4.44. The number of nitrogens with zero attached hydrogens (tertiary/aromatic N) is 1. The molecule has 0 amide bonds. The number of likely N-dealkylation sites (tertiary alicyclic amines) is 1. The first-order chi connectivity index (χ1) is 9.13. The molecule has 5 nitrogen and oxygen atoms in total. The minimum atomic E-state index is -0.752. The van der Waals surface area contributed by atoms with Crippen molar-refractivity contribution in [2.24, 2.45) is 5.92 Å². The zero-order valence-corrected chi connectivity index (χ0v) is 11.6. The van der Waals surface area contributed by atoms with E-state index in [4.69, 9.17) is 4.74 Å². The molecular weight excluding hydrogens is 246 g/mol. The molecule has 1 aliphatic heterocycles. The van der Waals surface area contributed by atoms with Crippen LogP contribution in [0.3, 0.4) is 0 Å². The van der Waals surface area contributed by atoms with E-state index in [1.54, 1.807) is 0 Å². The van der Waals surface area contributed by atoms with Crippen LogP contribution in [0.1, 0.15) is 39.0 Å². The van der Waals surface area contributed by atoms with Gasteiger partial charge in [0.05, 0.1) is 12.7 Å². The second kappa shape index (κ2) is 6.68. The van der Waals surface area contributed by atoms with E-state index >= 15 is 0 Å². The molecule has 2 aliphatic rings. The number of aliphatic hydroxyl groups excluding tert-OH is 1. The molecule has 0 spiro atoms. The lowest BCUT2D eigenvalue weighted by atomic mass is 9.85. The van der Waals surface area contributed by atoms with Crippen LogP contribution in [0.15, 0.2) is 0 Å². The number of carbonyl (C=O) groups is 1. The number of aliphatic carboxylic acids is 1. The maximum absolute atomic E-state index is 11.4. The number of β-amino-alcohol motifs (C(OH)–C–C–N with tert-alkyl or cyclic N) is 1. The molecule has 4 atom stereocenters. The third kappa shape index (κ3) is 3.46. The fraction of sp³-hybridized carbons (Fsp3) is 0.929. The molecule has 1 saturated heterocycles. The van der Waals surface area contributed by atoms with Crippen LogP contribution < -0.4 is 0 Å². The molecule has 2 N–H and O–H groups in total. The lowest BCUT2D eigenvalue weighted by molar-refractivity contribution is -0.143. The Morgan fingerprint density at radius 3 is 2.84 bits per heavy atom. The van der Waals surface area contributed by atoms with Crippen LogP contribution in [0, 0.1) is 5.92 Å². The van der Waals surface area contributed by atoms with Crippen molar-refractivity contribution in [3.8, 4) is 0 Å². The summed E-state index contributed by atoms with van der Waals surface area (Å²) >= 11 is 0. The average molecular weight is 271 g/mol. The lowest BCUT2D eigenvalue weighted by Crippen LogP contribution is -2.46. The highest BCUT2D eigenvalue weighted by atomic mass is 16.5. The van der Waals surface area contributed by atoms with Gasteiger partial charge in [-0.1, -0.05) is 12.8 Å². The second-order valence-corrected chi connectivity index (χ2v) is 5.71. The second-order valence-electron chi connectivity index (χ2n) is 5.71. The maximum Gasteiger partial charge on any atom is 0.320 e. The standard InChI is InChI=1S/C14H25NO4/c1-2-19-9-11(16)8-15-12-6-4-3-5-10(12)7-13(15)14(17)18/h10-13,16H,2-9H2,1H3,(H,17,18). The van der Waals surface area contributed by atoms with Crippen molar-refractivity contribution in [2.45, 2.75) is 57.2 Å². The Morgan fingerprint density at radius 1 is 1.42 bits per heavy atom. The van der Waals surface area contributed by atoms with Gasteiger partial charge in [0.1, 0.15) is 6.04 Å². The molecule has 19 heavy (non-hydrogen) atoms. The van der Waals surface area contributed by atoms with E-state index in [9.17, 15) is 15.0 Å². The van der Waals surface area contributed by atoms with Gasteiger partial charge in [-0.2, -0.15) is 0 Å². The largest absolute Gasteiger partial charge is 0.480 e. The molecule has 4 unspecified atom stereocenters. The highest BCUT2D eigenvalue weighted by molar-refractivity contribution is 5.74. The number of carboxylic acids is 1. The van der Waals surface area contributed by atoms with Crippen molar-refractivity contribution in [1.82, 2.24) is 4.90 Å². The Bertz CT molecular complexity index is 310. The molecule has 1 aliphatic carbocycles. The Balaban J connectivity index is 1.98. The molecular formula is C14H25NO4. The number of aliphatic hydroxyl groups is 1. The van der Waals surface area contributed by atoms with E-state index in [0.717, 1.165) is 19.3 Å². The number of ether oxygens (including phenoxy) is 1. The summed E-state index contributed by atoms with van der Waals surface area (Å²) in [4.78, 5) is 13.4. The van der Waals surface area contributed by atoms with Crippen LogP contribution in [-0.2, 0) is 9.53 Å². The monoisotopic (exact) mass is 271 g/mol. The van der Waals surface area contributed by atoms with Gasteiger partial charge in [0.2, 0.25) is 0 Å². The summed E-state index contributed by atoms with van der Waals surface area (Å²) in [6.07, 6.45) is 4.72. The summed E-state index contributed by atoms with van der Waals surface area (Å²) in [6, 6.07) is -0.0875. The number of carboxylic acid groups (broad SMARTS) is 1. The molecule has 2 fully saturated rings. The van der Waals surface area contributed by atoms with Crippen LogP contribution in [-0.4, -0.2) is 59.0 Å². The molecule has 110 valence electrons. The van der Waals surface area contributed by atoms with Gasteiger partial charge < -0.3 is 14.9 Å². The van der Waals surface area contributed by atoms with Crippen LogP contribution in [0.4, 0.5) is 0 Å². The zero-order chi connectivity index (χ0) is 13.8. The van der Waals surface area contributed by atoms with E-state index in [-0.39, 0.29) is 6.61 Å². The van der Waals surface area contributed by atoms with Crippen LogP contribution in [0.2, 0.25) is 0 Å². The molecule has 0 aromatic carbocycles. The molecule has 1 saturated carbocycles. The van der Waals surface area contributed by atoms with Crippen molar-refractivity contribution >= 4 is 5.97 Å². The SMILES string of the molecule is CCOCC(O)CN1C(C(=O)O)CC2CCCCC21. The zero-order valence-electron chi connectivity index (χ0n) is 11.6. The number of hydrogen-bond acceptors (Lipinski definition) is 4. The molecule has 1 heterocycles. The van der Waals surface area contributed by atoms with E-state index in [1.165, 1.54) is 12.8 Å². The quantitative estimate of drug-likeness (QED) is 0.757. The summed E-state index contributed by atoms with van der Waals surface area (Å²) in [6.45, 7) is 3.17. The van der Waals surface area contributed by atoms with Crippen LogP contribution in [0.25, 0.3) is 0 Å². The van der Waals surface area contributed by atoms with Gasteiger partial charge in [0, 0.05) is 19.2 Å². The van der Waals surface area contributed by atoms with Gasteiger partial charge >= 0.3 is 5.97 Å². The summed E-state index contributed by atoms with van der Waals surface area (Å²) in [5.74, 6) is -0.257. The molecule has 0 aromatic rings. The van der Waals surface area contributed by atoms with Crippen molar-refractivity contribution in [3.63, 3.8) is 0 Å². The molecule has 0 aromatic heterocycles. The summed E-state index contributed by atoms with van der Waals surface area (Å²) in [5.41, 5.74) is 0. The third-order valence-corrected chi connectivity index (χ3v) is 4.44. The van der Waals surface area contributed by atoms with Crippen LogP contribution in [0.5, 0.6) is 0 Å². The van der Waals surface area contributed by atoms with Gasteiger partial charge in [0.15, 0.2) is 0 Å². The van der Waals surface area contributed by atoms with Crippen molar-refractivity contribution in [1.29, 1.82) is 0 Å². The summed E-state index contributed by atoms with van der Waals surface area (Å²) < 4.78 is 5.21. The predicted molar refractivity (Wildman–Crippen MR) is 71.0 cm³/mol. The molecule has 0 bridgehead atoms. The minimum absolute atomic E-state index is 0.288. The van der Waals surface area contributed by atoms with E-state index in [0.29, 0.717) is 25.1 Å². The van der Waals surface area contributed by atoms with E-state index in [1.807, 2.05) is 11.8 Å². The van der Waals surface area contributed by atoms with Crippen LogP contribution >= 0.6 is 0 Å². The Kier molecular flexibility index (Phi) is 5.19. The first kappa shape index (κ1) is 14.8. The van der Waals surface area contributed by atoms with Crippen molar-refractivity contribution in [3.05, 3.63) is 0 Å².